The summed E-state index contributed by atoms with van der Waals surface area (Å²) >= 11 is 1.24. The Balaban J connectivity index is 2.39. The molecular formula is C12H18N2O3S. The van der Waals surface area contributed by atoms with E-state index in [1.165, 1.54) is 16.7 Å². The van der Waals surface area contributed by atoms with Crippen LogP contribution in [0.25, 0.3) is 0 Å². The molecule has 0 bridgehead atoms. The van der Waals surface area contributed by atoms with Gasteiger partial charge in [-0.3, -0.25) is 4.79 Å². The quantitative estimate of drug-likeness (QED) is 0.796. The van der Waals surface area contributed by atoms with Gasteiger partial charge in [0, 0.05) is 11.8 Å². The van der Waals surface area contributed by atoms with Crippen molar-refractivity contribution >= 4 is 23.2 Å². The number of carboxylic acids is 1. The predicted molar refractivity (Wildman–Crippen MR) is 69.6 cm³/mol. The molecule has 100 valence electrons. The molecule has 18 heavy (non-hydrogen) atoms. The van der Waals surface area contributed by atoms with Gasteiger partial charge in [-0.1, -0.05) is 26.7 Å². The van der Waals surface area contributed by atoms with Gasteiger partial charge < -0.3 is 10.4 Å². The van der Waals surface area contributed by atoms with Crippen LogP contribution in [0.2, 0.25) is 0 Å². The van der Waals surface area contributed by atoms with Crippen molar-refractivity contribution in [2.24, 2.45) is 5.92 Å². The second kappa shape index (κ2) is 7.10. The van der Waals surface area contributed by atoms with Gasteiger partial charge in [0.25, 0.3) is 0 Å². The molecular weight excluding hydrogens is 252 g/mol. The van der Waals surface area contributed by atoms with Crippen LogP contribution >= 0.6 is 11.3 Å². The molecule has 1 heterocycles. The first-order chi connectivity index (χ1) is 8.56. The molecule has 0 aromatic carbocycles. The molecule has 1 amide bonds. The minimum Gasteiger partial charge on any atom is -0.476 e. The van der Waals surface area contributed by atoms with E-state index in [1.807, 2.05) is 0 Å². The lowest BCUT2D eigenvalue weighted by molar-refractivity contribution is -0.122. The minimum atomic E-state index is -1.04. The number of carbonyl (C=O) groups is 2. The average Bonchev–Trinajstić information content (AvgIpc) is 2.82. The fourth-order valence-electron chi connectivity index (χ4n) is 1.58. The summed E-state index contributed by atoms with van der Waals surface area (Å²) in [5, 5.41) is 13.6. The number of hydrogen-bond donors (Lipinski definition) is 2. The number of aromatic carboxylic acids is 1. The lowest BCUT2D eigenvalue weighted by Gasteiger charge is -2.11. The van der Waals surface area contributed by atoms with E-state index in [-0.39, 0.29) is 11.6 Å². The van der Waals surface area contributed by atoms with Crippen molar-refractivity contribution in [1.82, 2.24) is 10.3 Å². The van der Waals surface area contributed by atoms with E-state index in [4.69, 9.17) is 5.11 Å². The molecule has 0 atom stereocenters. The third-order valence-electron chi connectivity index (χ3n) is 2.84. The van der Waals surface area contributed by atoms with Crippen LogP contribution in [0.4, 0.5) is 0 Å². The van der Waals surface area contributed by atoms with Crippen LogP contribution in [0, 0.1) is 5.92 Å². The molecule has 0 aliphatic heterocycles. The summed E-state index contributed by atoms with van der Waals surface area (Å²) in [6, 6.07) is 0. The Bertz CT molecular complexity index is 413. The van der Waals surface area contributed by atoms with E-state index in [2.05, 4.69) is 24.1 Å². The molecule has 1 aromatic rings. The zero-order valence-electron chi connectivity index (χ0n) is 10.6. The SMILES string of the molecule is CCC(CC)CC(=O)NCc1nc(C(=O)O)cs1. The molecule has 1 aromatic heterocycles. The summed E-state index contributed by atoms with van der Waals surface area (Å²) in [7, 11) is 0. The number of nitrogens with one attached hydrogen (secondary N) is 1. The summed E-state index contributed by atoms with van der Waals surface area (Å²) < 4.78 is 0. The highest BCUT2D eigenvalue weighted by Crippen LogP contribution is 2.13. The van der Waals surface area contributed by atoms with Crippen LogP contribution in [0.15, 0.2) is 5.38 Å². The Kier molecular flexibility index (Phi) is 5.77. The van der Waals surface area contributed by atoms with Crippen molar-refractivity contribution in [3.8, 4) is 0 Å². The fraction of sp³-hybridized carbons (Fsp3) is 0.583. The number of rotatable bonds is 7. The number of carbonyl (C=O) groups excluding carboxylic acids is 1. The molecule has 5 nitrogen and oxygen atoms in total. The van der Waals surface area contributed by atoms with Crippen molar-refractivity contribution in [3.05, 3.63) is 16.1 Å². The Morgan fingerprint density at radius 3 is 2.61 bits per heavy atom. The zero-order valence-corrected chi connectivity index (χ0v) is 11.4. The summed E-state index contributed by atoms with van der Waals surface area (Å²) in [5.74, 6) is -0.632. The van der Waals surface area contributed by atoms with E-state index in [0.29, 0.717) is 23.9 Å². The fourth-order valence-corrected chi connectivity index (χ4v) is 2.28. The van der Waals surface area contributed by atoms with E-state index < -0.39 is 5.97 Å². The van der Waals surface area contributed by atoms with E-state index in [0.717, 1.165) is 12.8 Å². The van der Waals surface area contributed by atoms with Gasteiger partial charge in [0.05, 0.1) is 6.54 Å². The Hall–Kier alpha value is -1.43. The molecule has 0 saturated heterocycles. The van der Waals surface area contributed by atoms with Crippen molar-refractivity contribution in [2.75, 3.05) is 0 Å². The molecule has 0 spiro atoms. The second-order valence-electron chi connectivity index (χ2n) is 4.10. The number of nitrogens with zero attached hydrogens (tertiary/aromatic N) is 1. The maximum Gasteiger partial charge on any atom is 0.355 e. The van der Waals surface area contributed by atoms with E-state index in [9.17, 15) is 9.59 Å². The van der Waals surface area contributed by atoms with Crippen LogP contribution in [0.3, 0.4) is 0 Å². The summed E-state index contributed by atoms with van der Waals surface area (Å²) in [6.07, 6.45) is 2.50. The molecule has 1 rings (SSSR count). The molecule has 0 aliphatic rings. The number of hydrogen-bond acceptors (Lipinski definition) is 4. The standard InChI is InChI=1S/C12H18N2O3S/c1-3-8(4-2)5-10(15)13-6-11-14-9(7-18-11)12(16)17/h7-8H,3-6H2,1-2H3,(H,13,15)(H,16,17). The van der Waals surface area contributed by atoms with Gasteiger partial charge in [-0.05, 0) is 5.92 Å². The van der Waals surface area contributed by atoms with Crippen molar-refractivity contribution < 1.29 is 14.7 Å². The summed E-state index contributed by atoms with van der Waals surface area (Å²) in [6.45, 7) is 4.44. The van der Waals surface area contributed by atoms with Gasteiger partial charge in [-0.15, -0.1) is 11.3 Å². The topological polar surface area (TPSA) is 79.3 Å². The lowest BCUT2D eigenvalue weighted by atomic mass is 9.99. The van der Waals surface area contributed by atoms with Gasteiger partial charge in [-0.2, -0.15) is 0 Å². The van der Waals surface area contributed by atoms with Gasteiger partial charge in [-0.25, -0.2) is 9.78 Å². The Morgan fingerprint density at radius 2 is 2.11 bits per heavy atom. The highest BCUT2D eigenvalue weighted by molar-refractivity contribution is 7.09. The van der Waals surface area contributed by atoms with Crippen LogP contribution in [-0.4, -0.2) is 22.0 Å². The van der Waals surface area contributed by atoms with Crippen LogP contribution in [-0.2, 0) is 11.3 Å². The third kappa shape index (κ3) is 4.44. The van der Waals surface area contributed by atoms with Crippen molar-refractivity contribution in [3.63, 3.8) is 0 Å². The minimum absolute atomic E-state index is 0.00391. The molecule has 6 heteroatoms. The van der Waals surface area contributed by atoms with E-state index >= 15 is 0 Å². The molecule has 0 radical (unpaired) electrons. The predicted octanol–water partition coefficient (Wildman–Crippen LogP) is 2.28. The van der Waals surface area contributed by atoms with Gasteiger partial charge >= 0.3 is 5.97 Å². The summed E-state index contributed by atoms with van der Waals surface area (Å²) in [4.78, 5) is 26.2. The van der Waals surface area contributed by atoms with Crippen LogP contribution < -0.4 is 5.32 Å². The second-order valence-corrected chi connectivity index (χ2v) is 5.04. The highest BCUT2D eigenvalue weighted by Gasteiger charge is 2.12. The number of carboxylic acid groups (broad SMARTS) is 1. The molecule has 0 fully saturated rings. The zero-order chi connectivity index (χ0) is 13.5. The number of amides is 1. The average molecular weight is 270 g/mol. The van der Waals surface area contributed by atoms with E-state index in [1.54, 1.807) is 0 Å². The summed E-state index contributed by atoms with van der Waals surface area (Å²) in [5.41, 5.74) is 0.0317. The van der Waals surface area contributed by atoms with Crippen molar-refractivity contribution in [2.45, 2.75) is 39.7 Å². The van der Waals surface area contributed by atoms with Crippen LogP contribution in [0.1, 0.15) is 48.6 Å². The monoisotopic (exact) mass is 270 g/mol. The van der Waals surface area contributed by atoms with Gasteiger partial charge in [0.1, 0.15) is 5.01 Å². The largest absolute Gasteiger partial charge is 0.476 e. The molecule has 0 aliphatic carbocycles. The maximum atomic E-state index is 11.6. The number of thiazole rings is 1. The molecule has 0 unspecified atom stereocenters. The van der Waals surface area contributed by atoms with Gasteiger partial charge in [0.15, 0.2) is 5.69 Å². The van der Waals surface area contributed by atoms with Crippen LogP contribution in [0.5, 0.6) is 0 Å². The van der Waals surface area contributed by atoms with Crippen molar-refractivity contribution in [1.29, 1.82) is 0 Å². The molecule has 2 N–H and O–H groups in total. The molecule has 0 saturated carbocycles. The third-order valence-corrected chi connectivity index (χ3v) is 3.69. The maximum absolute atomic E-state index is 11.6. The Labute approximate surface area is 110 Å². The lowest BCUT2D eigenvalue weighted by Crippen LogP contribution is -2.24. The highest BCUT2D eigenvalue weighted by atomic mass is 32.1. The Morgan fingerprint density at radius 1 is 1.44 bits per heavy atom. The first-order valence-electron chi connectivity index (χ1n) is 6.01. The first-order valence-corrected chi connectivity index (χ1v) is 6.89. The number of aromatic nitrogens is 1. The first kappa shape index (κ1) is 14.6. The van der Waals surface area contributed by atoms with Gasteiger partial charge in [0.2, 0.25) is 5.91 Å². The normalized spacial score (nSPS) is 10.6. The smallest absolute Gasteiger partial charge is 0.355 e.